The standard InChI is InChI=1S/C15H13F3N2O4S/c16-15(17,18)11-7-25-12(19-11)8-2-1-5-20(6-8)13(21)9-3-4-10(24-9)14(22)23/h3-4,7-8H,1-2,5-6H2,(H,22,23). The van der Waals surface area contributed by atoms with Gasteiger partial charge in [0, 0.05) is 24.4 Å². The number of rotatable bonds is 3. The highest BCUT2D eigenvalue weighted by Crippen LogP contribution is 2.35. The predicted octanol–water partition coefficient (Wildman–Crippen LogP) is 3.47. The van der Waals surface area contributed by atoms with Gasteiger partial charge in [-0.15, -0.1) is 11.3 Å². The van der Waals surface area contributed by atoms with Crippen molar-refractivity contribution >= 4 is 23.2 Å². The van der Waals surface area contributed by atoms with E-state index in [0.717, 1.165) is 16.7 Å². The molecule has 6 nitrogen and oxygen atoms in total. The number of thiazole rings is 1. The summed E-state index contributed by atoms with van der Waals surface area (Å²) in [6.45, 7) is 0.642. The maximum absolute atomic E-state index is 12.7. The van der Waals surface area contributed by atoms with E-state index in [2.05, 4.69) is 4.98 Å². The Balaban J connectivity index is 1.73. The van der Waals surface area contributed by atoms with Crippen LogP contribution in [0.15, 0.2) is 21.9 Å². The van der Waals surface area contributed by atoms with Gasteiger partial charge in [0.25, 0.3) is 5.91 Å². The van der Waals surface area contributed by atoms with Gasteiger partial charge in [-0.05, 0) is 25.0 Å². The van der Waals surface area contributed by atoms with Gasteiger partial charge in [0.15, 0.2) is 11.5 Å². The van der Waals surface area contributed by atoms with E-state index in [0.29, 0.717) is 24.4 Å². The van der Waals surface area contributed by atoms with E-state index >= 15 is 0 Å². The van der Waals surface area contributed by atoms with Crippen molar-refractivity contribution in [2.75, 3.05) is 13.1 Å². The zero-order valence-corrected chi connectivity index (χ0v) is 13.6. The number of carboxylic acids is 1. The highest BCUT2D eigenvalue weighted by Gasteiger charge is 2.35. The average molecular weight is 374 g/mol. The first kappa shape index (κ1) is 17.5. The minimum Gasteiger partial charge on any atom is -0.475 e. The number of alkyl halides is 3. The zero-order valence-electron chi connectivity index (χ0n) is 12.7. The summed E-state index contributed by atoms with van der Waals surface area (Å²) in [6, 6.07) is 2.47. The minimum absolute atomic E-state index is 0.104. The molecule has 0 aliphatic carbocycles. The molecule has 1 unspecified atom stereocenters. The van der Waals surface area contributed by atoms with Crippen LogP contribution in [0.3, 0.4) is 0 Å². The van der Waals surface area contributed by atoms with Crippen LogP contribution >= 0.6 is 11.3 Å². The van der Waals surface area contributed by atoms with Gasteiger partial charge < -0.3 is 14.4 Å². The number of amides is 1. The summed E-state index contributed by atoms with van der Waals surface area (Å²) in [5.41, 5.74) is -0.923. The van der Waals surface area contributed by atoms with Crippen LogP contribution in [-0.2, 0) is 6.18 Å². The Morgan fingerprint density at radius 1 is 1.32 bits per heavy atom. The fraction of sp³-hybridized carbons (Fsp3) is 0.400. The summed E-state index contributed by atoms with van der Waals surface area (Å²) in [4.78, 5) is 28.3. The Bertz CT molecular complexity index is 799. The predicted molar refractivity (Wildman–Crippen MR) is 80.7 cm³/mol. The number of carboxylic acid groups (broad SMARTS) is 1. The number of aromatic carboxylic acids is 1. The van der Waals surface area contributed by atoms with Crippen molar-refractivity contribution in [2.45, 2.75) is 24.9 Å². The van der Waals surface area contributed by atoms with Gasteiger partial charge >= 0.3 is 12.1 Å². The largest absolute Gasteiger partial charge is 0.475 e. The first-order chi connectivity index (χ1) is 11.8. The molecule has 2 aromatic heterocycles. The third-order valence-electron chi connectivity index (χ3n) is 3.90. The van der Waals surface area contributed by atoms with Gasteiger partial charge in [-0.1, -0.05) is 0 Å². The molecule has 1 atom stereocenters. The van der Waals surface area contributed by atoms with Gasteiger partial charge in [-0.3, -0.25) is 4.79 Å². The number of aromatic nitrogens is 1. The van der Waals surface area contributed by atoms with E-state index in [-0.39, 0.29) is 24.0 Å². The number of furan rings is 1. The Hall–Kier alpha value is -2.36. The van der Waals surface area contributed by atoms with Crippen molar-refractivity contribution in [3.63, 3.8) is 0 Å². The van der Waals surface area contributed by atoms with Gasteiger partial charge in [0.2, 0.25) is 5.76 Å². The van der Waals surface area contributed by atoms with Crippen LogP contribution in [0, 0.1) is 0 Å². The number of hydrogen-bond acceptors (Lipinski definition) is 5. The quantitative estimate of drug-likeness (QED) is 0.889. The van der Waals surface area contributed by atoms with Crippen molar-refractivity contribution in [3.05, 3.63) is 39.7 Å². The SMILES string of the molecule is O=C(O)c1ccc(C(=O)N2CCCC(c3nc(C(F)(F)F)cs3)C2)o1. The molecule has 3 rings (SSSR count). The number of nitrogens with zero attached hydrogens (tertiary/aromatic N) is 2. The number of carbonyl (C=O) groups is 2. The van der Waals surface area contributed by atoms with Crippen LogP contribution in [0.5, 0.6) is 0 Å². The molecule has 1 amide bonds. The summed E-state index contributed by atoms with van der Waals surface area (Å²) in [7, 11) is 0. The minimum atomic E-state index is -4.49. The van der Waals surface area contributed by atoms with E-state index in [1.54, 1.807) is 0 Å². The second-order valence-corrected chi connectivity index (χ2v) is 6.52. The zero-order chi connectivity index (χ0) is 18.2. The molecule has 1 saturated heterocycles. The van der Waals surface area contributed by atoms with Crippen molar-refractivity contribution in [1.82, 2.24) is 9.88 Å². The molecule has 1 aliphatic rings. The monoisotopic (exact) mass is 374 g/mol. The number of piperidine rings is 1. The highest BCUT2D eigenvalue weighted by molar-refractivity contribution is 7.09. The molecule has 0 bridgehead atoms. The third kappa shape index (κ3) is 3.68. The lowest BCUT2D eigenvalue weighted by Crippen LogP contribution is -2.39. The first-order valence-corrected chi connectivity index (χ1v) is 8.28. The third-order valence-corrected chi connectivity index (χ3v) is 4.91. The maximum Gasteiger partial charge on any atom is 0.434 e. The van der Waals surface area contributed by atoms with Crippen LogP contribution < -0.4 is 0 Å². The average Bonchev–Trinajstić information content (AvgIpc) is 3.23. The smallest absolute Gasteiger partial charge is 0.434 e. The molecule has 1 N–H and O–H groups in total. The van der Waals surface area contributed by atoms with Crippen molar-refractivity contribution in [2.24, 2.45) is 0 Å². The lowest BCUT2D eigenvalue weighted by molar-refractivity contribution is -0.140. The van der Waals surface area contributed by atoms with Crippen LogP contribution in [-0.4, -0.2) is 40.0 Å². The second kappa shape index (κ2) is 6.51. The fourth-order valence-corrected chi connectivity index (χ4v) is 3.65. The van der Waals surface area contributed by atoms with E-state index < -0.39 is 23.7 Å². The summed E-state index contributed by atoms with van der Waals surface area (Å²) in [6.07, 6.45) is -3.24. The van der Waals surface area contributed by atoms with Crippen LogP contribution in [0.25, 0.3) is 0 Å². The molecule has 0 saturated carbocycles. The van der Waals surface area contributed by atoms with Crippen molar-refractivity contribution in [3.8, 4) is 0 Å². The number of carbonyl (C=O) groups excluding carboxylic acids is 1. The van der Waals surface area contributed by atoms with Crippen molar-refractivity contribution < 1.29 is 32.3 Å². The van der Waals surface area contributed by atoms with E-state index in [4.69, 9.17) is 9.52 Å². The molecule has 134 valence electrons. The molecule has 0 spiro atoms. The summed E-state index contributed by atoms with van der Waals surface area (Å²) < 4.78 is 43.0. The number of likely N-dealkylation sites (tertiary alicyclic amines) is 1. The number of hydrogen-bond donors (Lipinski definition) is 1. The Kier molecular flexibility index (Phi) is 4.55. The summed E-state index contributed by atoms with van der Waals surface area (Å²) in [5, 5.41) is 10.1. The summed E-state index contributed by atoms with van der Waals surface area (Å²) in [5.74, 6) is -2.49. The van der Waals surface area contributed by atoms with E-state index in [1.165, 1.54) is 17.0 Å². The van der Waals surface area contributed by atoms with E-state index in [9.17, 15) is 22.8 Å². The molecule has 1 aliphatic heterocycles. The Labute approximate surface area is 143 Å². The van der Waals surface area contributed by atoms with Crippen LogP contribution in [0.2, 0.25) is 0 Å². The van der Waals surface area contributed by atoms with Crippen molar-refractivity contribution in [1.29, 1.82) is 0 Å². The molecular weight excluding hydrogens is 361 g/mol. The van der Waals surface area contributed by atoms with Crippen LogP contribution in [0.4, 0.5) is 13.2 Å². The topological polar surface area (TPSA) is 83.6 Å². The fourth-order valence-electron chi connectivity index (χ4n) is 2.69. The molecule has 2 aromatic rings. The first-order valence-electron chi connectivity index (χ1n) is 7.40. The maximum atomic E-state index is 12.7. The molecular formula is C15H13F3N2O4S. The number of halogens is 3. The lowest BCUT2D eigenvalue weighted by Gasteiger charge is -2.31. The van der Waals surface area contributed by atoms with Gasteiger partial charge in [-0.25, -0.2) is 9.78 Å². The van der Waals surface area contributed by atoms with Gasteiger partial charge in [0.05, 0.1) is 5.01 Å². The Morgan fingerprint density at radius 3 is 2.64 bits per heavy atom. The van der Waals surface area contributed by atoms with Gasteiger partial charge in [0.1, 0.15) is 0 Å². The molecule has 0 radical (unpaired) electrons. The highest BCUT2D eigenvalue weighted by atomic mass is 32.1. The molecule has 3 heterocycles. The normalized spacial score (nSPS) is 18.4. The second-order valence-electron chi connectivity index (χ2n) is 5.63. The molecule has 1 fully saturated rings. The molecule has 0 aromatic carbocycles. The molecule has 25 heavy (non-hydrogen) atoms. The molecule has 10 heteroatoms. The lowest BCUT2D eigenvalue weighted by atomic mass is 9.98. The Morgan fingerprint density at radius 2 is 2.04 bits per heavy atom. The van der Waals surface area contributed by atoms with E-state index in [1.807, 2.05) is 0 Å². The summed E-state index contributed by atoms with van der Waals surface area (Å²) >= 11 is 0.930. The van der Waals surface area contributed by atoms with Gasteiger partial charge in [-0.2, -0.15) is 13.2 Å². The van der Waals surface area contributed by atoms with Crippen LogP contribution in [0.1, 0.15) is 50.6 Å².